The second kappa shape index (κ2) is 5.36. The van der Waals surface area contributed by atoms with Crippen LogP contribution in [0.25, 0.3) is 0 Å². The number of carbonyl (C=O) groups excluding carboxylic acids is 1. The molecule has 2 N–H and O–H groups in total. The van der Waals surface area contributed by atoms with Gasteiger partial charge < -0.3 is 4.98 Å². The Bertz CT molecular complexity index is 648. The Morgan fingerprint density at radius 2 is 1.95 bits per heavy atom. The maximum absolute atomic E-state index is 12.5. The topological polar surface area (TPSA) is 61.0 Å². The van der Waals surface area contributed by atoms with Gasteiger partial charge in [-0.1, -0.05) is 0 Å². The molecule has 0 bridgehead atoms. The molecule has 0 aliphatic heterocycles. The number of H-pyrrole nitrogens is 1. The van der Waals surface area contributed by atoms with Crippen LogP contribution in [0, 0.1) is 0 Å². The second-order valence-corrected chi connectivity index (χ2v) is 5.06. The number of hydrogen-bond donors (Lipinski definition) is 2. The Morgan fingerprint density at radius 1 is 1.27 bits per heavy atom. The van der Waals surface area contributed by atoms with Crippen molar-refractivity contribution in [3.05, 3.63) is 48.0 Å². The molecule has 0 saturated heterocycles. The molecule has 0 spiro atoms. The largest absolute Gasteiger partial charge is 0.416 e. The van der Waals surface area contributed by atoms with Gasteiger partial charge in [0.1, 0.15) is 5.69 Å². The number of nitrogens with one attached hydrogen (secondary N) is 2. The molecule has 0 radical (unpaired) electrons. The number of hydrogen-bond acceptors (Lipinski definition) is 3. The van der Waals surface area contributed by atoms with Gasteiger partial charge >= 0.3 is 6.18 Å². The molecule has 0 atom stereocenters. The Balaban J connectivity index is 1.76. The minimum Gasteiger partial charge on any atom is -0.341 e. The molecule has 1 aliphatic carbocycles. The molecule has 0 unspecified atom stereocenters. The van der Waals surface area contributed by atoms with Crippen molar-refractivity contribution >= 4 is 11.6 Å². The molecule has 1 heterocycles. The van der Waals surface area contributed by atoms with Gasteiger partial charge in [0.15, 0.2) is 0 Å². The van der Waals surface area contributed by atoms with Gasteiger partial charge in [-0.2, -0.15) is 13.2 Å². The average Bonchev–Trinajstić information content (AvgIpc) is 3.17. The summed E-state index contributed by atoms with van der Waals surface area (Å²) >= 11 is 0. The van der Waals surface area contributed by atoms with E-state index in [0.29, 0.717) is 11.4 Å². The lowest BCUT2D eigenvalue weighted by Gasteiger charge is -2.23. The molecule has 1 aromatic heterocycles. The summed E-state index contributed by atoms with van der Waals surface area (Å²) in [7, 11) is 0. The zero-order valence-electron chi connectivity index (χ0n) is 11.4. The zero-order valence-corrected chi connectivity index (χ0v) is 11.4. The summed E-state index contributed by atoms with van der Waals surface area (Å²) < 4.78 is 37.6. The maximum atomic E-state index is 12.5. The van der Waals surface area contributed by atoms with Gasteiger partial charge in [0.05, 0.1) is 29.8 Å². The predicted molar refractivity (Wildman–Crippen MR) is 72.8 cm³/mol. The molecule has 8 heteroatoms. The zero-order chi connectivity index (χ0) is 15.7. The quantitative estimate of drug-likeness (QED) is 0.853. The van der Waals surface area contributed by atoms with Crippen LogP contribution in [0.3, 0.4) is 0 Å². The summed E-state index contributed by atoms with van der Waals surface area (Å²) in [4.78, 5) is 18.8. The van der Waals surface area contributed by atoms with Crippen LogP contribution in [0.4, 0.5) is 18.9 Å². The van der Waals surface area contributed by atoms with Crippen molar-refractivity contribution in [2.75, 3.05) is 5.43 Å². The first kappa shape index (κ1) is 14.4. The monoisotopic (exact) mass is 310 g/mol. The summed E-state index contributed by atoms with van der Waals surface area (Å²) in [5, 5.41) is 1.43. The molecular weight excluding hydrogens is 297 g/mol. The molecule has 22 heavy (non-hydrogen) atoms. The van der Waals surface area contributed by atoms with Crippen LogP contribution < -0.4 is 5.43 Å². The molecule has 1 amide bonds. The Labute approximate surface area is 124 Å². The van der Waals surface area contributed by atoms with E-state index in [4.69, 9.17) is 0 Å². The fourth-order valence-corrected chi connectivity index (χ4v) is 2.02. The number of carbonyl (C=O) groups is 1. The highest BCUT2D eigenvalue weighted by atomic mass is 19.4. The van der Waals surface area contributed by atoms with Crippen molar-refractivity contribution < 1.29 is 18.0 Å². The van der Waals surface area contributed by atoms with Gasteiger partial charge in [0.25, 0.3) is 5.91 Å². The Morgan fingerprint density at radius 3 is 2.45 bits per heavy atom. The molecule has 1 aromatic carbocycles. The summed E-state index contributed by atoms with van der Waals surface area (Å²) in [5.74, 6) is -0.292. The molecule has 5 nitrogen and oxygen atoms in total. The standard InChI is InChI=1S/C14H13F3N4O/c15-14(16,17)9-1-3-10(4-2-9)20-21(11-5-6-11)13(22)12-7-18-8-19-12/h1-4,7-8,11,20H,5-6H2,(H,18,19). The summed E-state index contributed by atoms with van der Waals surface area (Å²) in [6.45, 7) is 0. The van der Waals surface area contributed by atoms with Crippen LogP contribution in [0.15, 0.2) is 36.8 Å². The minimum absolute atomic E-state index is 0.0399. The van der Waals surface area contributed by atoms with Gasteiger partial charge in [-0.05, 0) is 37.1 Å². The van der Waals surface area contributed by atoms with Gasteiger partial charge in [-0.15, -0.1) is 0 Å². The van der Waals surface area contributed by atoms with Gasteiger partial charge in [0.2, 0.25) is 0 Å². The van der Waals surface area contributed by atoms with Crippen LogP contribution >= 0.6 is 0 Å². The van der Waals surface area contributed by atoms with Crippen molar-refractivity contribution in [2.24, 2.45) is 0 Å². The summed E-state index contributed by atoms with van der Waals surface area (Å²) in [6.07, 6.45) is 0.143. The average molecular weight is 310 g/mol. The maximum Gasteiger partial charge on any atom is 0.416 e. The van der Waals surface area contributed by atoms with Crippen molar-refractivity contribution in [1.82, 2.24) is 15.0 Å². The van der Waals surface area contributed by atoms with Crippen LogP contribution in [0.2, 0.25) is 0 Å². The van der Waals surface area contributed by atoms with Gasteiger partial charge in [0, 0.05) is 0 Å². The first-order valence-electron chi connectivity index (χ1n) is 6.71. The lowest BCUT2D eigenvalue weighted by atomic mass is 10.2. The number of aromatic nitrogens is 2. The highest BCUT2D eigenvalue weighted by Crippen LogP contribution is 2.31. The number of rotatable bonds is 4. The Hall–Kier alpha value is -2.51. The predicted octanol–water partition coefficient (Wildman–Crippen LogP) is 3.06. The smallest absolute Gasteiger partial charge is 0.341 e. The molecule has 2 aromatic rings. The number of aromatic amines is 1. The van der Waals surface area contributed by atoms with Crippen LogP contribution in [0.5, 0.6) is 0 Å². The van der Waals surface area contributed by atoms with E-state index in [-0.39, 0.29) is 11.9 Å². The number of amides is 1. The highest BCUT2D eigenvalue weighted by molar-refractivity contribution is 5.93. The van der Waals surface area contributed by atoms with Crippen molar-refractivity contribution in [2.45, 2.75) is 25.1 Å². The minimum atomic E-state index is -4.37. The van der Waals surface area contributed by atoms with E-state index < -0.39 is 11.7 Å². The number of hydrazine groups is 1. The number of nitrogens with zero attached hydrogens (tertiary/aromatic N) is 2. The SMILES string of the molecule is O=C(c1cnc[nH]1)N(Nc1ccc(C(F)(F)F)cc1)C1CC1. The second-order valence-electron chi connectivity index (χ2n) is 5.06. The van der Waals surface area contributed by atoms with Gasteiger partial charge in [-0.25, -0.2) is 9.99 Å². The first-order chi connectivity index (χ1) is 10.4. The van der Waals surface area contributed by atoms with E-state index in [1.165, 1.54) is 29.7 Å². The first-order valence-corrected chi connectivity index (χ1v) is 6.71. The molecule has 1 saturated carbocycles. The van der Waals surface area contributed by atoms with E-state index in [9.17, 15) is 18.0 Å². The molecule has 1 fully saturated rings. The van der Waals surface area contributed by atoms with E-state index in [0.717, 1.165) is 25.0 Å². The van der Waals surface area contributed by atoms with Crippen molar-refractivity contribution in [3.8, 4) is 0 Å². The van der Waals surface area contributed by atoms with E-state index >= 15 is 0 Å². The lowest BCUT2D eigenvalue weighted by molar-refractivity contribution is -0.137. The fourth-order valence-electron chi connectivity index (χ4n) is 2.02. The fraction of sp³-hybridized carbons (Fsp3) is 0.286. The van der Waals surface area contributed by atoms with Crippen molar-refractivity contribution in [1.29, 1.82) is 0 Å². The van der Waals surface area contributed by atoms with E-state index in [1.54, 1.807) is 0 Å². The number of benzene rings is 1. The number of halogens is 3. The molecular formula is C14H13F3N4O. The summed E-state index contributed by atoms with van der Waals surface area (Å²) in [5.41, 5.74) is 2.90. The summed E-state index contributed by atoms with van der Waals surface area (Å²) in [6, 6.07) is 4.61. The van der Waals surface area contributed by atoms with Crippen LogP contribution in [0.1, 0.15) is 28.9 Å². The lowest BCUT2D eigenvalue weighted by Crippen LogP contribution is -2.38. The van der Waals surface area contributed by atoms with Crippen LogP contribution in [-0.4, -0.2) is 26.9 Å². The normalized spacial score (nSPS) is 14.7. The highest BCUT2D eigenvalue weighted by Gasteiger charge is 2.34. The third-order valence-electron chi connectivity index (χ3n) is 3.32. The van der Waals surface area contributed by atoms with Crippen LogP contribution in [-0.2, 0) is 6.18 Å². The Kier molecular flexibility index (Phi) is 3.51. The molecule has 3 rings (SSSR count). The number of alkyl halides is 3. The molecule has 1 aliphatic rings. The number of anilines is 1. The third kappa shape index (κ3) is 3.05. The van der Waals surface area contributed by atoms with E-state index in [1.807, 2.05) is 0 Å². The third-order valence-corrected chi connectivity index (χ3v) is 3.32. The van der Waals surface area contributed by atoms with Gasteiger partial charge in [-0.3, -0.25) is 10.2 Å². The van der Waals surface area contributed by atoms with E-state index in [2.05, 4.69) is 15.4 Å². The number of imidazole rings is 1. The van der Waals surface area contributed by atoms with Crippen molar-refractivity contribution in [3.63, 3.8) is 0 Å². The molecule has 116 valence electrons.